The molecule has 0 aromatic heterocycles. The van der Waals surface area contributed by atoms with Crippen LogP contribution in [0.1, 0.15) is 16.8 Å². The average molecular weight is 531 g/mol. The van der Waals surface area contributed by atoms with Crippen LogP contribution in [0.3, 0.4) is 0 Å². The molecular weight excluding hydrogens is 514 g/mol. The smallest absolute Gasteiger partial charge is 0.269 e. The maximum atomic E-state index is 13.4. The van der Waals surface area contributed by atoms with Crippen LogP contribution < -0.4 is 15.6 Å². The van der Waals surface area contributed by atoms with Gasteiger partial charge in [-0.05, 0) is 85.0 Å². The topological polar surface area (TPSA) is 81.8 Å². The van der Waals surface area contributed by atoms with Crippen LogP contribution in [0, 0.1) is 5.82 Å². The Morgan fingerprint density at radius 2 is 1.49 bits per heavy atom. The lowest BCUT2D eigenvalue weighted by atomic mass is 10.1. The number of carbonyl (C=O) groups is 3. The Morgan fingerprint density at radius 1 is 0.914 bits per heavy atom. The van der Waals surface area contributed by atoms with Crippen LogP contribution in [0.15, 0.2) is 72.8 Å². The molecular formula is C24H17Cl2FN4O3S. The molecule has 0 bridgehead atoms. The molecule has 1 atom stereocenters. The van der Waals surface area contributed by atoms with E-state index in [4.69, 9.17) is 35.4 Å². The predicted molar refractivity (Wildman–Crippen MR) is 136 cm³/mol. The molecule has 1 heterocycles. The minimum atomic E-state index is -1.14. The number of nitrogens with zero attached hydrogens (tertiary/aromatic N) is 2. The lowest BCUT2D eigenvalue weighted by Crippen LogP contribution is -2.49. The minimum Gasteiger partial charge on any atom is -0.326 e. The van der Waals surface area contributed by atoms with E-state index in [1.54, 1.807) is 36.4 Å². The lowest BCUT2D eigenvalue weighted by molar-refractivity contribution is -0.124. The second-order valence-electron chi connectivity index (χ2n) is 7.53. The standard InChI is InChI=1S/C24H17Cl2FN4O3S/c25-15-3-1-14(2-4-15)22(33)29-31-20(13-21(32)28-18-9-5-16(26)6-10-18)23(34)30(24(31)35)19-11-7-17(27)8-12-19/h1-12,20H,13H2,(H,28,32)(H,29,33)/t20-/m1/s1. The Hall–Kier alpha value is -3.53. The van der Waals surface area contributed by atoms with Gasteiger partial charge in [-0.15, -0.1) is 0 Å². The summed E-state index contributed by atoms with van der Waals surface area (Å²) in [4.78, 5) is 40.1. The van der Waals surface area contributed by atoms with Gasteiger partial charge in [-0.3, -0.25) is 24.7 Å². The molecule has 0 aliphatic carbocycles. The number of carbonyl (C=O) groups excluding carboxylic acids is 3. The number of halogens is 3. The van der Waals surface area contributed by atoms with E-state index in [2.05, 4.69) is 10.7 Å². The van der Waals surface area contributed by atoms with E-state index in [1.807, 2.05) is 0 Å². The summed E-state index contributed by atoms with van der Waals surface area (Å²) < 4.78 is 13.4. The van der Waals surface area contributed by atoms with Crippen molar-refractivity contribution in [2.24, 2.45) is 0 Å². The highest BCUT2D eigenvalue weighted by molar-refractivity contribution is 7.80. The Balaban J connectivity index is 1.59. The highest BCUT2D eigenvalue weighted by Crippen LogP contribution is 2.27. The molecule has 1 aliphatic rings. The van der Waals surface area contributed by atoms with E-state index < -0.39 is 29.6 Å². The summed E-state index contributed by atoms with van der Waals surface area (Å²) in [7, 11) is 0. The molecule has 3 aromatic carbocycles. The third kappa shape index (κ3) is 5.59. The summed E-state index contributed by atoms with van der Waals surface area (Å²) >= 11 is 17.2. The first kappa shape index (κ1) is 24.6. The minimum absolute atomic E-state index is 0.0618. The highest BCUT2D eigenvalue weighted by atomic mass is 35.5. The molecule has 1 fully saturated rings. The van der Waals surface area contributed by atoms with Crippen LogP contribution in [0.4, 0.5) is 15.8 Å². The fraction of sp³-hybridized carbons (Fsp3) is 0.0833. The molecule has 0 unspecified atom stereocenters. The second-order valence-corrected chi connectivity index (χ2v) is 8.76. The van der Waals surface area contributed by atoms with Crippen LogP contribution in [-0.4, -0.2) is 33.9 Å². The monoisotopic (exact) mass is 530 g/mol. The fourth-order valence-corrected chi connectivity index (χ4v) is 4.04. The van der Waals surface area contributed by atoms with E-state index in [9.17, 15) is 18.8 Å². The van der Waals surface area contributed by atoms with Crippen molar-refractivity contribution >= 4 is 69.6 Å². The maximum absolute atomic E-state index is 13.4. The highest BCUT2D eigenvalue weighted by Gasteiger charge is 2.45. The predicted octanol–water partition coefficient (Wildman–Crippen LogP) is 4.81. The first-order valence-corrected chi connectivity index (χ1v) is 11.4. The molecule has 0 radical (unpaired) electrons. The summed E-state index contributed by atoms with van der Waals surface area (Å²) in [5.74, 6) is -2.08. The molecule has 1 aliphatic heterocycles. The molecule has 3 aromatic rings. The third-order valence-corrected chi connectivity index (χ3v) is 6.02. The zero-order valence-electron chi connectivity index (χ0n) is 17.9. The molecule has 3 amide bonds. The van der Waals surface area contributed by atoms with Gasteiger partial charge in [0, 0.05) is 21.3 Å². The van der Waals surface area contributed by atoms with Crippen LogP contribution in [0.25, 0.3) is 0 Å². The van der Waals surface area contributed by atoms with Gasteiger partial charge < -0.3 is 5.32 Å². The molecule has 11 heteroatoms. The number of hydrogen-bond acceptors (Lipinski definition) is 4. The van der Waals surface area contributed by atoms with Gasteiger partial charge >= 0.3 is 0 Å². The van der Waals surface area contributed by atoms with Crippen molar-refractivity contribution in [3.8, 4) is 0 Å². The number of amides is 3. The number of thiocarbonyl (C=S) groups is 1. The average Bonchev–Trinajstić information content (AvgIpc) is 3.05. The number of rotatable bonds is 6. The van der Waals surface area contributed by atoms with Crippen LogP contribution in [0.5, 0.6) is 0 Å². The molecule has 1 saturated heterocycles. The molecule has 0 spiro atoms. The van der Waals surface area contributed by atoms with E-state index >= 15 is 0 Å². The van der Waals surface area contributed by atoms with Crippen molar-refractivity contribution in [3.63, 3.8) is 0 Å². The van der Waals surface area contributed by atoms with E-state index in [-0.39, 0.29) is 17.1 Å². The molecule has 0 saturated carbocycles. The van der Waals surface area contributed by atoms with Gasteiger partial charge in [-0.1, -0.05) is 23.2 Å². The zero-order chi connectivity index (χ0) is 25.1. The second kappa shape index (κ2) is 10.4. The van der Waals surface area contributed by atoms with E-state index in [0.29, 0.717) is 21.4 Å². The molecule has 4 rings (SSSR count). The van der Waals surface area contributed by atoms with Crippen LogP contribution in [0.2, 0.25) is 10.0 Å². The number of nitrogens with one attached hydrogen (secondary N) is 2. The number of hydrazine groups is 1. The Morgan fingerprint density at radius 3 is 2.09 bits per heavy atom. The summed E-state index contributed by atoms with van der Waals surface area (Å²) in [6.07, 6.45) is -0.319. The molecule has 178 valence electrons. The Kier molecular flexibility index (Phi) is 7.30. The van der Waals surface area contributed by atoms with Gasteiger partial charge in [0.25, 0.3) is 11.8 Å². The molecule has 7 nitrogen and oxygen atoms in total. The van der Waals surface area contributed by atoms with Crippen LogP contribution >= 0.6 is 35.4 Å². The maximum Gasteiger partial charge on any atom is 0.269 e. The van der Waals surface area contributed by atoms with Gasteiger partial charge in [-0.2, -0.15) is 0 Å². The Labute approximate surface area is 215 Å². The first-order valence-electron chi connectivity index (χ1n) is 10.3. The van der Waals surface area contributed by atoms with E-state index in [0.717, 1.165) is 4.90 Å². The lowest BCUT2D eigenvalue weighted by Gasteiger charge is -2.24. The molecule has 2 N–H and O–H groups in total. The van der Waals surface area contributed by atoms with Crippen molar-refractivity contribution in [1.29, 1.82) is 0 Å². The van der Waals surface area contributed by atoms with Gasteiger partial charge in [0.2, 0.25) is 11.0 Å². The zero-order valence-corrected chi connectivity index (χ0v) is 20.2. The van der Waals surface area contributed by atoms with Crippen molar-refractivity contribution in [3.05, 3.63) is 94.2 Å². The van der Waals surface area contributed by atoms with Crippen molar-refractivity contribution < 1.29 is 18.8 Å². The van der Waals surface area contributed by atoms with E-state index in [1.165, 1.54) is 41.4 Å². The van der Waals surface area contributed by atoms with Gasteiger partial charge in [0.05, 0.1) is 12.1 Å². The molecule has 35 heavy (non-hydrogen) atoms. The fourth-order valence-electron chi connectivity index (χ4n) is 3.42. The van der Waals surface area contributed by atoms with Crippen LogP contribution in [-0.2, 0) is 9.59 Å². The number of hydrogen-bond donors (Lipinski definition) is 2. The normalized spacial score (nSPS) is 15.3. The summed E-state index contributed by atoms with van der Waals surface area (Å²) in [5, 5.41) is 4.75. The van der Waals surface area contributed by atoms with Crippen molar-refractivity contribution in [2.45, 2.75) is 12.5 Å². The Bertz CT molecular complexity index is 1290. The summed E-state index contributed by atoms with van der Waals surface area (Å²) in [5.41, 5.74) is 3.67. The number of anilines is 2. The third-order valence-electron chi connectivity index (χ3n) is 5.13. The first-order chi connectivity index (χ1) is 16.7. The van der Waals surface area contributed by atoms with Gasteiger partial charge in [0.1, 0.15) is 11.9 Å². The van der Waals surface area contributed by atoms with Gasteiger partial charge in [0.15, 0.2) is 0 Å². The van der Waals surface area contributed by atoms with Gasteiger partial charge in [-0.25, -0.2) is 9.40 Å². The largest absolute Gasteiger partial charge is 0.326 e. The SMILES string of the molecule is O=C(C[C@@H]1C(=O)N(c2ccc(F)cc2)C(=S)N1NC(=O)c1ccc(Cl)cc1)Nc1ccc(Cl)cc1. The van der Waals surface area contributed by atoms with Crippen molar-refractivity contribution in [2.75, 3.05) is 10.2 Å². The summed E-state index contributed by atoms with van der Waals surface area (Å²) in [6, 6.07) is 16.6. The quantitative estimate of drug-likeness (QED) is 0.447. The summed E-state index contributed by atoms with van der Waals surface area (Å²) in [6.45, 7) is 0. The number of benzene rings is 3. The van der Waals surface area contributed by atoms with Crippen molar-refractivity contribution in [1.82, 2.24) is 10.4 Å².